The van der Waals surface area contributed by atoms with Gasteiger partial charge in [0, 0.05) is 33.6 Å². The maximum absolute atomic E-state index is 11.1. The largest absolute Gasteiger partial charge is 0.546 e. The molecule has 0 aliphatic heterocycles. The minimum absolute atomic E-state index is 0.0780. The summed E-state index contributed by atoms with van der Waals surface area (Å²) < 4.78 is 18.3. The molecule has 0 radical (unpaired) electrons. The summed E-state index contributed by atoms with van der Waals surface area (Å²) in [6, 6.07) is 3.97. The average Bonchev–Trinajstić information content (AvgIpc) is 2.80. The Kier molecular flexibility index (Phi) is 5.85. The van der Waals surface area contributed by atoms with E-state index in [-0.39, 0.29) is 23.9 Å². The summed E-state index contributed by atoms with van der Waals surface area (Å²) in [5.41, 5.74) is 7.56. The highest BCUT2D eigenvalue weighted by atomic mass is 32.2. The molecule has 2 aromatic heterocycles. The Hall–Kier alpha value is -2.23. The van der Waals surface area contributed by atoms with Crippen LogP contribution in [0.25, 0.3) is 0 Å². The van der Waals surface area contributed by atoms with E-state index in [1.54, 1.807) is 12.3 Å². The van der Waals surface area contributed by atoms with Gasteiger partial charge in [-0.1, -0.05) is 0 Å². The summed E-state index contributed by atoms with van der Waals surface area (Å²) >= 11 is -1.67. The van der Waals surface area contributed by atoms with Crippen molar-refractivity contribution in [3.63, 3.8) is 0 Å². The maximum Gasteiger partial charge on any atom is 0.232 e. The van der Waals surface area contributed by atoms with Crippen molar-refractivity contribution in [2.75, 3.05) is 31.7 Å². The highest BCUT2D eigenvalue weighted by Crippen LogP contribution is 2.18. The zero-order chi connectivity index (χ0) is 16.8. The second-order valence-corrected chi connectivity index (χ2v) is 6.12. The molecule has 0 bridgehead atoms. The molecule has 0 amide bonds. The van der Waals surface area contributed by atoms with Crippen LogP contribution in [0.3, 0.4) is 0 Å². The lowest BCUT2D eigenvalue weighted by Gasteiger charge is -2.10. The van der Waals surface area contributed by atoms with Crippen molar-refractivity contribution >= 4 is 22.8 Å². The molecule has 2 rings (SSSR count). The van der Waals surface area contributed by atoms with Gasteiger partial charge in [-0.3, -0.25) is 4.98 Å². The molecule has 0 aliphatic carbocycles. The minimum atomic E-state index is -1.67. The van der Waals surface area contributed by atoms with Crippen molar-refractivity contribution < 1.29 is 9.66 Å². The first-order valence-corrected chi connectivity index (χ1v) is 8.06. The second kappa shape index (κ2) is 7.86. The van der Waals surface area contributed by atoms with Crippen LogP contribution in [0.15, 0.2) is 30.2 Å². The van der Waals surface area contributed by atoms with Crippen molar-refractivity contribution in [1.82, 2.24) is 18.6 Å². The lowest BCUT2D eigenvalue weighted by Crippen LogP contribution is -2.11. The summed E-state index contributed by atoms with van der Waals surface area (Å²) in [5.74, 6) is 0.432. The van der Waals surface area contributed by atoms with Crippen molar-refractivity contribution in [2.24, 2.45) is 0 Å². The first-order valence-electron chi connectivity index (χ1n) is 6.99. The number of hydrogen-bond donors (Lipinski definition) is 3. The molecule has 9 heteroatoms. The third-order valence-corrected chi connectivity index (χ3v) is 3.64. The molecular weight excluding hydrogens is 316 g/mol. The number of nitrogens with zero attached hydrogens (tertiary/aromatic N) is 4. The molecule has 2 heterocycles. The van der Waals surface area contributed by atoms with Gasteiger partial charge in [0.1, 0.15) is 5.76 Å². The monoisotopic (exact) mass is 336 g/mol. The summed E-state index contributed by atoms with van der Waals surface area (Å²) in [4.78, 5) is 6.36. The van der Waals surface area contributed by atoms with Gasteiger partial charge in [0.15, 0.2) is 11.1 Å². The lowest BCUT2D eigenvalue weighted by molar-refractivity contribution is 0.401. The standard InChI is InChI=1S/C14H20N6O2S/c1-20(2)9-10-5-6-16-11(7-10)3-4-12(21)8-17-14-13(15)18-23(22)19-14/h4-7,21H,3,8-9H2,1-2H3,(H2,15,18)(H,17,19)/b12-4+. The average molecular weight is 336 g/mol. The van der Waals surface area contributed by atoms with Crippen molar-refractivity contribution in [3.8, 4) is 0 Å². The van der Waals surface area contributed by atoms with Gasteiger partial charge >= 0.3 is 0 Å². The highest BCUT2D eigenvalue weighted by Gasteiger charge is 2.11. The molecule has 8 nitrogen and oxygen atoms in total. The van der Waals surface area contributed by atoms with Crippen LogP contribution in [0, 0.1) is 0 Å². The Labute approximate surface area is 137 Å². The van der Waals surface area contributed by atoms with Gasteiger partial charge in [0.2, 0.25) is 11.6 Å². The fraction of sp³-hybridized carbons (Fsp3) is 0.357. The van der Waals surface area contributed by atoms with E-state index in [1.807, 2.05) is 26.2 Å². The van der Waals surface area contributed by atoms with E-state index >= 15 is 0 Å². The van der Waals surface area contributed by atoms with E-state index in [2.05, 4.69) is 23.9 Å². The van der Waals surface area contributed by atoms with E-state index in [4.69, 9.17) is 5.73 Å². The van der Waals surface area contributed by atoms with Gasteiger partial charge in [-0.25, -0.2) is 0 Å². The number of nitrogen functional groups attached to an aromatic ring is 1. The van der Waals surface area contributed by atoms with Gasteiger partial charge in [0.25, 0.3) is 0 Å². The Morgan fingerprint density at radius 3 is 2.91 bits per heavy atom. The predicted molar refractivity (Wildman–Crippen MR) is 89.6 cm³/mol. The number of hydrogen-bond acceptors (Lipinski definition) is 8. The van der Waals surface area contributed by atoms with Gasteiger partial charge < -0.3 is 25.6 Å². The van der Waals surface area contributed by atoms with Crippen molar-refractivity contribution in [1.29, 1.82) is 0 Å². The molecule has 1 atom stereocenters. The minimum Gasteiger partial charge on any atom is -0.546 e. The van der Waals surface area contributed by atoms with Gasteiger partial charge in [0.05, 0.1) is 6.54 Å². The van der Waals surface area contributed by atoms with E-state index in [0.717, 1.165) is 17.8 Å². The normalized spacial score (nSPS) is 12.7. The lowest BCUT2D eigenvalue weighted by atomic mass is 10.2. The molecule has 0 fully saturated rings. The molecular formula is C14H20N6O2S. The third kappa shape index (κ3) is 5.47. The molecule has 1 unspecified atom stereocenters. The number of pyridine rings is 1. The molecule has 4 N–H and O–H groups in total. The van der Waals surface area contributed by atoms with E-state index in [1.165, 1.54) is 0 Å². The SMILES string of the molecule is CN(C)Cc1ccnc(C/C=C(/O)CNc2n[s+]([O-])nc2N)c1. The Morgan fingerprint density at radius 1 is 1.48 bits per heavy atom. The topological polar surface area (TPSA) is 123 Å². The molecule has 2 aromatic rings. The predicted octanol–water partition coefficient (Wildman–Crippen LogP) is 1.34. The third-order valence-electron chi connectivity index (χ3n) is 2.95. The molecule has 124 valence electrons. The zero-order valence-corrected chi connectivity index (χ0v) is 13.9. The number of nitrogens with one attached hydrogen (secondary N) is 1. The van der Waals surface area contributed by atoms with Crippen LogP contribution in [-0.4, -0.2) is 48.9 Å². The van der Waals surface area contributed by atoms with Crippen LogP contribution < -0.4 is 11.1 Å². The fourth-order valence-electron chi connectivity index (χ4n) is 1.97. The highest BCUT2D eigenvalue weighted by molar-refractivity contribution is 7.14. The number of aromatic nitrogens is 3. The van der Waals surface area contributed by atoms with Crippen LogP contribution in [0.4, 0.5) is 11.6 Å². The first-order chi connectivity index (χ1) is 10.9. The quantitative estimate of drug-likeness (QED) is 0.511. The summed E-state index contributed by atoms with van der Waals surface area (Å²) in [6.45, 7) is 0.964. The maximum atomic E-state index is 11.1. The molecule has 23 heavy (non-hydrogen) atoms. The smallest absolute Gasteiger partial charge is 0.232 e. The number of rotatable bonds is 7. The molecule has 0 saturated carbocycles. The summed E-state index contributed by atoms with van der Waals surface area (Å²) in [6.07, 6.45) is 3.93. The van der Waals surface area contributed by atoms with Crippen LogP contribution in [0.5, 0.6) is 0 Å². The molecule has 0 saturated heterocycles. The van der Waals surface area contributed by atoms with Crippen molar-refractivity contribution in [3.05, 3.63) is 41.4 Å². The van der Waals surface area contributed by atoms with Gasteiger partial charge in [-0.15, -0.1) is 0 Å². The number of aliphatic hydroxyl groups is 1. The van der Waals surface area contributed by atoms with E-state index in [0.29, 0.717) is 6.42 Å². The fourth-order valence-corrected chi connectivity index (χ4v) is 2.58. The Morgan fingerprint density at radius 2 is 2.26 bits per heavy atom. The van der Waals surface area contributed by atoms with Crippen LogP contribution >= 0.6 is 11.1 Å². The summed E-state index contributed by atoms with van der Waals surface area (Å²) in [5, 5.41) is 12.7. The first kappa shape index (κ1) is 17.1. The molecule has 0 spiro atoms. The Bertz CT molecular complexity index is 686. The van der Waals surface area contributed by atoms with Crippen LogP contribution in [0.1, 0.15) is 11.3 Å². The zero-order valence-electron chi connectivity index (χ0n) is 13.1. The second-order valence-electron chi connectivity index (χ2n) is 5.29. The Balaban J connectivity index is 1.90. The van der Waals surface area contributed by atoms with Crippen LogP contribution in [0.2, 0.25) is 0 Å². The van der Waals surface area contributed by atoms with Gasteiger partial charge in [-0.05, 0) is 37.9 Å². The van der Waals surface area contributed by atoms with Crippen molar-refractivity contribution in [2.45, 2.75) is 13.0 Å². The number of anilines is 2. The number of aliphatic hydroxyl groups excluding tert-OH is 1. The van der Waals surface area contributed by atoms with Crippen LogP contribution in [-0.2, 0) is 13.0 Å². The molecule has 0 aliphatic rings. The number of allylic oxidation sites excluding steroid dienone is 1. The van der Waals surface area contributed by atoms with E-state index < -0.39 is 11.1 Å². The van der Waals surface area contributed by atoms with E-state index in [9.17, 15) is 9.66 Å². The number of nitrogens with two attached hydrogens (primary N) is 1. The summed E-state index contributed by atoms with van der Waals surface area (Å²) in [7, 11) is 4.01. The molecule has 0 aromatic carbocycles. The van der Waals surface area contributed by atoms with Gasteiger partial charge in [-0.2, -0.15) is 0 Å².